The van der Waals surface area contributed by atoms with Crippen LogP contribution in [0.2, 0.25) is 0 Å². The Kier molecular flexibility index (Phi) is 5.54. The van der Waals surface area contributed by atoms with Crippen molar-refractivity contribution in [1.29, 1.82) is 0 Å². The zero-order chi connectivity index (χ0) is 21.4. The number of rotatable bonds is 8. The zero-order valence-electron chi connectivity index (χ0n) is 18.6. The summed E-state index contributed by atoms with van der Waals surface area (Å²) in [6.07, 6.45) is 4.22. The molecule has 1 heterocycles. The van der Waals surface area contributed by atoms with E-state index in [1.54, 1.807) is 0 Å². The number of aryl methyl sites for hydroxylation is 1. The van der Waals surface area contributed by atoms with Gasteiger partial charge in [-0.3, -0.25) is 9.48 Å². The van der Waals surface area contributed by atoms with E-state index in [0.29, 0.717) is 17.9 Å². The lowest BCUT2D eigenvalue weighted by Gasteiger charge is -2.22. The number of hydrogen-bond acceptors (Lipinski definition) is 3. The Morgan fingerprint density at radius 1 is 1.20 bits per heavy atom. The van der Waals surface area contributed by atoms with Crippen LogP contribution >= 0.6 is 0 Å². The van der Waals surface area contributed by atoms with Crippen LogP contribution in [0.25, 0.3) is 22.0 Å². The summed E-state index contributed by atoms with van der Waals surface area (Å²) in [6, 6.07) is 11.3. The van der Waals surface area contributed by atoms with E-state index in [9.17, 15) is 4.79 Å². The van der Waals surface area contributed by atoms with Crippen LogP contribution in [0.3, 0.4) is 0 Å². The molecule has 1 saturated carbocycles. The number of hydrogen-bond donors (Lipinski definition) is 2. The molecular formula is C25H32N4O. The first-order chi connectivity index (χ1) is 14.4. The van der Waals surface area contributed by atoms with Crippen LogP contribution in [-0.2, 0) is 11.8 Å². The molecule has 30 heavy (non-hydrogen) atoms. The summed E-state index contributed by atoms with van der Waals surface area (Å²) in [7, 11) is 2.02. The number of carbonyl (C=O) groups is 1. The summed E-state index contributed by atoms with van der Waals surface area (Å²) in [4.78, 5) is 11.4. The Morgan fingerprint density at radius 3 is 2.60 bits per heavy atom. The smallest absolute Gasteiger partial charge is 0.211 e. The molecule has 0 spiro atoms. The van der Waals surface area contributed by atoms with E-state index < -0.39 is 0 Å². The molecule has 5 heteroatoms. The molecule has 0 saturated heterocycles. The van der Waals surface area contributed by atoms with E-state index in [0.717, 1.165) is 35.3 Å². The van der Waals surface area contributed by atoms with Crippen molar-refractivity contribution < 1.29 is 4.79 Å². The molecular weight excluding hydrogens is 372 g/mol. The maximum atomic E-state index is 11.4. The van der Waals surface area contributed by atoms with Gasteiger partial charge in [-0.1, -0.05) is 26.8 Å². The molecule has 1 aromatic heterocycles. The summed E-state index contributed by atoms with van der Waals surface area (Å²) in [6.45, 7) is 8.69. The third-order valence-corrected chi connectivity index (χ3v) is 6.20. The second kappa shape index (κ2) is 8.13. The van der Waals surface area contributed by atoms with Crippen molar-refractivity contribution in [3.05, 3.63) is 41.6 Å². The predicted octanol–water partition coefficient (Wildman–Crippen LogP) is 6.02. The van der Waals surface area contributed by atoms with Crippen LogP contribution in [0, 0.1) is 0 Å². The van der Waals surface area contributed by atoms with Crippen LogP contribution in [0.5, 0.6) is 0 Å². The summed E-state index contributed by atoms with van der Waals surface area (Å²) in [5, 5.41) is 12.6. The Bertz CT molecular complexity index is 1080. The summed E-state index contributed by atoms with van der Waals surface area (Å²) >= 11 is 0. The van der Waals surface area contributed by atoms with Crippen molar-refractivity contribution in [2.45, 2.75) is 64.8 Å². The summed E-state index contributed by atoms with van der Waals surface area (Å²) in [5.41, 5.74) is 7.69. The van der Waals surface area contributed by atoms with Crippen LogP contribution in [0.15, 0.2) is 30.3 Å². The van der Waals surface area contributed by atoms with Crippen molar-refractivity contribution in [1.82, 2.24) is 9.78 Å². The van der Waals surface area contributed by atoms with Gasteiger partial charge in [-0.2, -0.15) is 5.10 Å². The molecule has 158 valence electrons. The Hall–Kier alpha value is -2.82. The zero-order valence-corrected chi connectivity index (χ0v) is 18.6. The molecule has 0 radical (unpaired) electrons. The Balaban J connectivity index is 1.93. The molecule has 0 aliphatic heterocycles. The molecule has 1 amide bonds. The highest BCUT2D eigenvalue weighted by Crippen LogP contribution is 2.44. The minimum Gasteiger partial charge on any atom is -0.380 e. The minimum atomic E-state index is 0.296. The van der Waals surface area contributed by atoms with E-state index in [-0.39, 0.29) is 0 Å². The molecule has 1 unspecified atom stereocenters. The number of anilines is 2. The highest BCUT2D eigenvalue weighted by Gasteiger charge is 2.29. The second-order valence-electron chi connectivity index (χ2n) is 8.88. The van der Waals surface area contributed by atoms with Gasteiger partial charge in [0.15, 0.2) is 0 Å². The number of aromatic nitrogens is 2. The number of fused-ring (bicyclic) bond motifs is 1. The first-order valence-electron chi connectivity index (χ1n) is 11.0. The standard InChI is InChI=1S/C25H32N4O/c1-6-16(4)27-25-20(12-19(15(2)3)13-22(25)26-14-30)18-9-10-23-21(11-18)24(17-7-8-17)28-29(23)5/h9-17,27H,6-8H2,1-5H3,(H,26,30). The van der Waals surface area contributed by atoms with Gasteiger partial charge < -0.3 is 10.6 Å². The van der Waals surface area contributed by atoms with Crippen molar-refractivity contribution in [3.8, 4) is 11.1 Å². The highest BCUT2D eigenvalue weighted by atomic mass is 16.1. The fourth-order valence-corrected chi connectivity index (χ4v) is 4.03. The van der Waals surface area contributed by atoms with Gasteiger partial charge in [0, 0.05) is 30.0 Å². The van der Waals surface area contributed by atoms with Crippen LogP contribution in [-0.4, -0.2) is 22.2 Å². The minimum absolute atomic E-state index is 0.296. The molecule has 1 aliphatic carbocycles. The number of nitrogens with one attached hydrogen (secondary N) is 2. The lowest BCUT2D eigenvalue weighted by Crippen LogP contribution is -2.16. The lowest BCUT2D eigenvalue weighted by molar-refractivity contribution is -0.105. The largest absolute Gasteiger partial charge is 0.380 e. The molecule has 5 nitrogen and oxygen atoms in total. The average Bonchev–Trinajstić information content (AvgIpc) is 3.52. The van der Waals surface area contributed by atoms with Gasteiger partial charge >= 0.3 is 0 Å². The molecule has 1 aliphatic rings. The topological polar surface area (TPSA) is 58.9 Å². The lowest BCUT2D eigenvalue weighted by atomic mass is 9.93. The first kappa shape index (κ1) is 20.5. The van der Waals surface area contributed by atoms with Gasteiger partial charge in [0.05, 0.1) is 22.6 Å². The third kappa shape index (κ3) is 3.81. The number of amides is 1. The maximum absolute atomic E-state index is 11.4. The number of carbonyl (C=O) groups excluding carboxylic acids is 1. The van der Waals surface area contributed by atoms with Crippen molar-refractivity contribution in [2.75, 3.05) is 10.6 Å². The van der Waals surface area contributed by atoms with E-state index >= 15 is 0 Å². The van der Waals surface area contributed by atoms with Crippen LogP contribution < -0.4 is 10.6 Å². The molecule has 2 N–H and O–H groups in total. The highest BCUT2D eigenvalue weighted by molar-refractivity contribution is 5.95. The van der Waals surface area contributed by atoms with Crippen molar-refractivity contribution >= 4 is 28.7 Å². The van der Waals surface area contributed by atoms with E-state index in [1.165, 1.54) is 35.0 Å². The van der Waals surface area contributed by atoms with Gasteiger partial charge in [0.2, 0.25) is 6.41 Å². The van der Waals surface area contributed by atoms with E-state index in [2.05, 4.69) is 68.7 Å². The van der Waals surface area contributed by atoms with Gasteiger partial charge in [-0.25, -0.2) is 0 Å². The molecule has 1 fully saturated rings. The Labute approximate surface area is 178 Å². The number of benzene rings is 2. The van der Waals surface area contributed by atoms with Gasteiger partial charge in [0.1, 0.15) is 0 Å². The number of nitrogens with zero attached hydrogens (tertiary/aromatic N) is 2. The van der Waals surface area contributed by atoms with E-state index in [1.807, 2.05) is 11.7 Å². The molecule has 0 bridgehead atoms. The van der Waals surface area contributed by atoms with Crippen molar-refractivity contribution in [2.24, 2.45) is 7.05 Å². The van der Waals surface area contributed by atoms with Crippen molar-refractivity contribution in [3.63, 3.8) is 0 Å². The normalized spacial score (nSPS) is 14.9. The molecule has 4 rings (SSSR count). The van der Waals surface area contributed by atoms with Gasteiger partial charge in [-0.05, 0) is 67.5 Å². The monoisotopic (exact) mass is 404 g/mol. The van der Waals surface area contributed by atoms with Crippen LogP contribution in [0.1, 0.15) is 70.1 Å². The fraction of sp³-hybridized carbons (Fsp3) is 0.440. The predicted molar refractivity (Wildman–Crippen MR) is 125 cm³/mol. The SMILES string of the molecule is CCC(C)Nc1c(NC=O)cc(C(C)C)cc1-c1ccc2c(c1)c(C1CC1)nn2C. The third-order valence-electron chi connectivity index (χ3n) is 6.20. The summed E-state index contributed by atoms with van der Waals surface area (Å²) < 4.78 is 2.00. The van der Waals surface area contributed by atoms with Gasteiger partial charge in [-0.15, -0.1) is 0 Å². The molecule has 1 atom stereocenters. The van der Waals surface area contributed by atoms with Gasteiger partial charge in [0.25, 0.3) is 0 Å². The quantitative estimate of drug-likeness (QED) is 0.451. The average molecular weight is 405 g/mol. The first-order valence-corrected chi connectivity index (χ1v) is 11.0. The summed E-state index contributed by atoms with van der Waals surface area (Å²) in [5.74, 6) is 0.952. The molecule has 3 aromatic rings. The van der Waals surface area contributed by atoms with E-state index in [4.69, 9.17) is 5.10 Å². The Morgan fingerprint density at radius 2 is 1.97 bits per heavy atom. The maximum Gasteiger partial charge on any atom is 0.211 e. The second-order valence-corrected chi connectivity index (χ2v) is 8.88. The van der Waals surface area contributed by atoms with Crippen LogP contribution in [0.4, 0.5) is 11.4 Å². The molecule has 2 aromatic carbocycles. The fourth-order valence-electron chi connectivity index (χ4n) is 4.03.